The van der Waals surface area contributed by atoms with Crippen LogP contribution in [0.15, 0.2) is 42.5 Å². The molecule has 24 heavy (non-hydrogen) atoms. The summed E-state index contributed by atoms with van der Waals surface area (Å²) in [5, 5.41) is 2.99. The Kier molecular flexibility index (Phi) is 5.27. The maximum atomic E-state index is 13.0. The largest absolute Gasteiger partial charge is 0.478 e. The minimum atomic E-state index is -1.09. The number of carbonyl (C=O) groups is 1. The second-order valence-electron chi connectivity index (χ2n) is 6.71. The third-order valence-electron chi connectivity index (χ3n) is 3.90. The van der Waals surface area contributed by atoms with Crippen LogP contribution in [0.4, 0.5) is 10.1 Å². The average Bonchev–Trinajstić information content (AvgIpc) is 2.51. The summed E-state index contributed by atoms with van der Waals surface area (Å²) in [6.45, 7) is 9.53. The standard InChI is InChI=1S/C20H24FNO2/c1-13(2)17-8-6-7-14(3)18(17)22-19(23)20(4,5)24-16-11-9-15(21)10-12-16/h6-13H,1-5H3,(H,22,23). The lowest BCUT2D eigenvalue weighted by Crippen LogP contribution is -2.42. The van der Waals surface area contributed by atoms with Crippen molar-refractivity contribution in [1.82, 2.24) is 0 Å². The highest BCUT2D eigenvalue weighted by Crippen LogP contribution is 2.29. The van der Waals surface area contributed by atoms with Crippen LogP contribution in [-0.4, -0.2) is 11.5 Å². The van der Waals surface area contributed by atoms with Gasteiger partial charge in [0.15, 0.2) is 5.60 Å². The van der Waals surface area contributed by atoms with Crippen molar-refractivity contribution in [2.24, 2.45) is 0 Å². The van der Waals surface area contributed by atoms with Gasteiger partial charge in [-0.25, -0.2) is 4.39 Å². The number of para-hydroxylation sites is 1. The van der Waals surface area contributed by atoms with Crippen LogP contribution in [0.1, 0.15) is 44.7 Å². The average molecular weight is 329 g/mol. The number of anilines is 1. The van der Waals surface area contributed by atoms with E-state index in [4.69, 9.17) is 4.74 Å². The molecular weight excluding hydrogens is 305 g/mol. The molecule has 4 heteroatoms. The summed E-state index contributed by atoms with van der Waals surface area (Å²) in [6.07, 6.45) is 0. The second-order valence-corrected chi connectivity index (χ2v) is 6.71. The van der Waals surface area contributed by atoms with Gasteiger partial charge in [0.2, 0.25) is 0 Å². The van der Waals surface area contributed by atoms with E-state index >= 15 is 0 Å². The normalized spacial score (nSPS) is 11.5. The van der Waals surface area contributed by atoms with Gasteiger partial charge in [-0.2, -0.15) is 0 Å². The molecule has 0 saturated carbocycles. The lowest BCUT2D eigenvalue weighted by atomic mass is 9.97. The predicted octanol–water partition coefficient (Wildman–Crippen LogP) is 5.05. The first-order valence-electron chi connectivity index (χ1n) is 8.06. The number of halogens is 1. The van der Waals surface area contributed by atoms with Crippen molar-refractivity contribution in [2.45, 2.75) is 46.1 Å². The van der Waals surface area contributed by atoms with Crippen LogP contribution in [0.5, 0.6) is 5.75 Å². The van der Waals surface area contributed by atoms with Gasteiger partial charge in [-0.1, -0.05) is 32.0 Å². The van der Waals surface area contributed by atoms with Gasteiger partial charge in [0.1, 0.15) is 11.6 Å². The molecule has 0 unspecified atom stereocenters. The van der Waals surface area contributed by atoms with Crippen molar-refractivity contribution in [3.63, 3.8) is 0 Å². The summed E-state index contributed by atoms with van der Waals surface area (Å²) in [4.78, 5) is 12.7. The van der Waals surface area contributed by atoms with Crippen LogP contribution in [0.3, 0.4) is 0 Å². The van der Waals surface area contributed by atoms with Crippen molar-refractivity contribution in [3.8, 4) is 5.75 Å². The van der Waals surface area contributed by atoms with E-state index in [1.165, 1.54) is 24.3 Å². The number of ether oxygens (including phenoxy) is 1. The fourth-order valence-corrected chi connectivity index (χ4v) is 2.45. The monoisotopic (exact) mass is 329 g/mol. The van der Waals surface area contributed by atoms with E-state index in [-0.39, 0.29) is 11.7 Å². The molecule has 0 atom stereocenters. The Hall–Kier alpha value is -2.36. The number of hydrogen-bond acceptors (Lipinski definition) is 2. The first-order chi connectivity index (χ1) is 11.2. The number of aryl methyl sites for hydroxylation is 1. The van der Waals surface area contributed by atoms with Crippen molar-refractivity contribution in [3.05, 3.63) is 59.4 Å². The highest BCUT2D eigenvalue weighted by atomic mass is 19.1. The van der Waals surface area contributed by atoms with Gasteiger partial charge in [-0.15, -0.1) is 0 Å². The number of amides is 1. The minimum absolute atomic E-state index is 0.247. The van der Waals surface area contributed by atoms with Gasteiger partial charge < -0.3 is 10.1 Å². The van der Waals surface area contributed by atoms with E-state index in [1.807, 2.05) is 25.1 Å². The molecule has 0 aliphatic carbocycles. The van der Waals surface area contributed by atoms with E-state index in [0.29, 0.717) is 11.7 Å². The fraction of sp³-hybridized carbons (Fsp3) is 0.350. The van der Waals surface area contributed by atoms with Gasteiger partial charge >= 0.3 is 0 Å². The van der Waals surface area contributed by atoms with Crippen molar-refractivity contribution in [1.29, 1.82) is 0 Å². The summed E-state index contributed by atoms with van der Waals surface area (Å²) < 4.78 is 18.7. The Morgan fingerprint density at radius 2 is 1.75 bits per heavy atom. The van der Waals surface area contributed by atoms with Crippen LogP contribution in [0, 0.1) is 12.7 Å². The molecule has 2 aromatic rings. The van der Waals surface area contributed by atoms with Gasteiger partial charge in [-0.3, -0.25) is 4.79 Å². The Bertz CT molecular complexity index is 721. The molecule has 2 aromatic carbocycles. The molecule has 128 valence electrons. The minimum Gasteiger partial charge on any atom is -0.478 e. The molecule has 2 rings (SSSR count). The number of carbonyl (C=O) groups excluding carboxylic acids is 1. The highest BCUT2D eigenvalue weighted by Gasteiger charge is 2.31. The van der Waals surface area contributed by atoms with E-state index < -0.39 is 5.60 Å². The molecule has 3 nitrogen and oxygen atoms in total. The first-order valence-corrected chi connectivity index (χ1v) is 8.06. The number of benzene rings is 2. The molecule has 0 saturated heterocycles. The molecule has 1 N–H and O–H groups in total. The summed E-state index contributed by atoms with van der Waals surface area (Å²) >= 11 is 0. The van der Waals surface area contributed by atoms with Gasteiger partial charge in [0, 0.05) is 5.69 Å². The zero-order valence-corrected chi connectivity index (χ0v) is 14.8. The number of nitrogens with one attached hydrogen (secondary N) is 1. The Balaban J connectivity index is 2.21. The molecule has 0 aromatic heterocycles. The predicted molar refractivity (Wildman–Crippen MR) is 95.0 cm³/mol. The van der Waals surface area contributed by atoms with Crippen LogP contribution in [-0.2, 0) is 4.79 Å². The number of hydrogen-bond donors (Lipinski definition) is 1. The summed E-state index contributed by atoms with van der Waals surface area (Å²) in [5.74, 6) is 0.154. The quantitative estimate of drug-likeness (QED) is 0.833. The molecule has 0 heterocycles. The van der Waals surface area contributed by atoms with Crippen molar-refractivity contribution >= 4 is 11.6 Å². The maximum Gasteiger partial charge on any atom is 0.267 e. The molecule has 0 bridgehead atoms. The van der Waals surface area contributed by atoms with E-state index in [1.54, 1.807) is 13.8 Å². The Morgan fingerprint density at radius 1 is 1.12 bits per heavy atom. The summed E-state index contributed by atoms with van der Waals surface area (Å²) in [6, 6.07) is 11.6. The zero-order valence-electron chi connectivity index (χ0n) is 14.8. The smallest absolute Gasteiger partial charge is 0.267 e. The summed E-state index contributed by atoms with van der Waals surface area (Å²) in [5.41, 5.74) is 1.83. The molecule has 1 amide bonds. The van der Waals surface area contributed by atoms with Crippen LogP contribution >= 0.6 is 0 Å². The van der Waals surface area contributed by atoms with Crippen LogP contribution in [0.2, 0.25) is 0 Å². The van der Waals surface area contributed by atoms with Gasteiger partial charge in [0.25, 0.3) is 5.91 Å². The third kappa shape index (κ3) is 4.13. The lowest BCUT2D eigenvalue weighted by Gasteiger charge is -2.27. The maximum absolute atomic E-state index is 13.0. The van der Waals surface area contributed by atoms with Gasteiger partial charge in [0.05, 0.1) is 0 Å². The Labute approximate surface area is 142 Å². The molecule has 0 fully saturated rings. The van der Waals surface area contributed by atoms with E-state index in [9.17, 15) is 9.18 Å². The van der Waals surface area contributed by atoms with Crippen LogP contribution in [0.25, 0.3) is 0 Å². The molecule has 0 aliphatic rings. The van der Waals surface area contributed by atoms with Gasteiger partial charge in [-0.05, 0) is 62.1 Å². The Morgan fingerprint density at radius 3 is 2.33 bits per heavy atom. The first kappa shape index (κ1) is 18.0. The van der Waals surface area contributed by atoms with E-state index in [2.05, 4.69) is 19.2 Å². The fourth-order valence-electron chi connectivity index (χ4n) is 2.45. The van der Waals surface area contributed by atoms with Crippen LogP contribution < -0.4 is 10.1 Å². The molecule has 0 radical (unpaired) electrons. The van der Waals surface area contributed by atoms with E-state index in [0.717, 1.165) is 16.8 Å². The molecule has 0 aliphatic heterocycles. The molecular formula is C20H24FNO2. The second kappa shape index (κ2) is 7.04. The van der Waals surface area contributed by atoms with Crippen molar-refractivity contribution in [2.75, 3.05) is 5.32 Å². The number of rotatable bonds is 5. The lowest BCUT2D eigenvalue weighted by molar-refractivity contribution is -0.128. The topological polar surface area (TPSA) is 38.3 Å². The summed E-state index contributed by atoms with van der Waals surface area (Å²) in [7, 11) is 0. The third-order valence-corrected chi connectivity index (χ3v) is 3.90. The van der Waals surface area contributed by atoms with Crippen molar-refractivity contribution < 1.29 is 13.9 Å². The highest BCUT2D eigenvalue weighted by molar-refractivity contribution is 5.98. The SMILES string of the molecule is Cc1cccc(C(C)C)c1NC(=O)C(C)(C)Oc1ccc(F)cc1. The molecule has 0 spiro atoms. The zero-order chi connectivity index (χ0) is 17.9.